The van der Waals surface area contributed by atoms with Gasteiger partial charge in [0.25, 0.3) is 0 Å². The normalized spacial score (nSPS) is 32.9. The zero-order valence-corrected chi connectivity index (χ0v) is 13.3. The van der Waals surface area contributed by atoms with Crippen molar-refractivity contribution in [2.24, 2.45) is 23.7 Å². The zero-order valence-electron chi connectivity index (χ0n) is 12.5. The second-order valence-corrected chi connectivity index (χ2v) is 7.08. The fourth-order valence-electron chi connectivity index (χ4n) is 4.72. The summed E-state index contributed by atoms with van der Waals surface area (Å²) in [5.74, 6) is 0.336. The maximum atomic E-state index is 12.9. The van der Waals surface area contributed by atoms with Crippen LogP contribution in [0.2, 0.25) is 5.02 Å². The highest BCUT2D eigenvalue weighted by molar-refractivity contribution is 6.30. The number of carbonyl (C=O) groups excluding carboxylic acids is 2. The Morgan fingerprint density at radius 3 is 2.18 bits per heavy atom. The lowest BCUT2D eigenvalue weighted by Gasteiger charge is -2.18. The predicted octanol–water partition coefficient (Wildman–Crippen LogP) is 3.22. The Balaban J connectivity index is 1.75. The van der Waals surface area contributed by atoms with Crippen LogP contribution >= 0.6 is 11.6 Å². The van der Waals surface area contributed by atoms with E-state index in [9.17, 15) is 9.59 Å². The number of pyridine rings is 1. The predicted molar refractivity (Wildman–Crippen MR) is 83.3 cm³/mol. The second-order valence-electron chi connectivity index (χ2n) is 6.64. The molecule has 22 heavy (non-hydrogen) atoms. The summed E-state index contributed by atoms with van der Waals surface area (Å²) in [5.41, 5.74) is 2.64. The van der Waals surface area contributed by atoms with E-state index in [0.29, 0.717) is 10.8 Å². The maximum absolute atomic E-state index is 12.9. The number of halogens is 1. The van der Waals surface area contributed by atoms with Crippen LogP contribution in [0.15, 0.2) is 29.5 Å². The molecule has 1 aromatic rings. The van der Waals surface area contributed by atoms with Gasteiger partial charge in [0.05, 0.1) is 16.9 Å². The molecule has 4 nitrogen and oxygen atoms in total. The Bertz CT molecular complexity index is 674. The summed E-state index contributed by atoms with van der Waals surface area (Å²) in [6.07, 6.45) is 3.52. The van der Waals surface area contributed by atoms with Gasteiger partial charge in [-0.1, -0.05) is 22.7 Å². The minimum Gasteiger partial charge on any atom is -0.274 e. The summed E-state index contributed by atoms with van der Waals surface area (Å²) >= 11 is 5.84. The van der Waals surface area contributed by atoms with Crippen LogP contribution in [0.1, 0.15) is 26.7 Å². The lowest BCUT2D eigenvalue weighted by atomic mass is 9.81. The van der Waals surface area contributed by atoms with Gasteiger partial charge in [0.1, 0.15) is 5.82 Å². The molecule has 2 bridgehead atoms. The third kappa shape index (κ3) is 1.67. The van der Waals surface area contributed by atoms with Gasteiger partial charge in [-0.25, -0.2) is 9.88 Å². The number of allylic oxidation sites excluding steroid dienone is 2. The SMILES string of the molecule is CC(C)=C1[C@H]2CC[C@H]1[C@@H]1C(=O)N(c3ccc(Cl)cn3)C(=O)[C@H]12. The number of fused-ring (bicyclic) bond motifs is 5. The standard InChI is InChI=1S/C17H17ClN2O2/c1-8(2)13-10-4-5-11(13)15-14(10)16(21)20(17(15)22)12-6-3-9(18)7-19-12/h3,6-7,10-11,14-15H,4-5H2,1-2H3/t10-,11-,14+,15+/m1/s1. The minimum atomic E-state index is -0.186. The highest BCUT2D eigenvalue weighted by Crippen LogP contribution is 2.60. The summed E-state index contributed by atoms with van der Waals surface area (Å²) in [6, 6.07) is 3.30. The molecule has 4 rings (SSSR count). The molecule has 2 amide bonds. The van der Waals surface area contributed by atoms with Crippen molar-refractivity contribution in [3.63, 3.8) is 0 Å². The van der Waals surface area contributed by atoms with E-state index in [0.717, 1.165) is 12.8 Å². The van der Waals surface area contributed by atoms with Crippen LogP contribution in [-0.2, 0) is 9.59 Å². The van der Waals surface area contributed by atoms with Gasteiger partial charge in [-0.05, 0) is 50.7 Å². The van der Waals surface area contributed by atoms with E-state index in [1.165, 1.54) is 22.2 Å². The van der Waals surface area contributed by atoms with E-state index in [1.54, 1.807) is 12.1 Å². The highest BCUT2D eigenvalue weighted by atomic mass is 35.5. The van der Waals surface area contributed by atoms with Gasteiger partial charge in [0.15, 0.2) is 0 Å². The molecule has 0 radical (unpaired) electrons. The Hall–Kier alpha value is -1.68. The average Bonchev–Trinajstić information content (AvgIpc) is 3.11. The molecule has 2 saturated carbocycles. The van der Waals surface area contributed by atoms with Crippen LogP contribution < -0.4 is 4.90 Å². The molecule has 1 aromatic heterocycles. The van der Waals surface area contributed by atoms with Crippen molar-refractivity contribution >= 4 is 29.2 Å². The Labute approximate surface area is 134 Å². The van der Waals surface area contributed by atoms with Crippen LogP contribution in [0.4, 0.5) is 5.82 Å². The van der Waals surface area contributed by atoms with E-state index in [2.05, 4.69) is 18.8 Å². The number of amides is 2. The molecule has 5 heteroatoms. The van der Waals surface area contributed by atoms with Crippen LogP contribution in [0.5, 0.6) is 0 Å². The summed E-state index contributed by atoms with van der Waals surface area (Å²) in [7, 11) is 0. The Morgan fingerprint density at radius 2 is 1.73 bits per heavy atom. The molecular formula is C17H17ClN2O2. The molecule has 4 atom stereocenters. The lowest BCUT2D eigenvalue weighted by Crippen LogP contribution is -2.33. The monoisotopic (exact) mass is 316 g/mol. The number of rotatable bonds is 1. The van der Waals surface area contributed by atoms with Gasteiger partial charge in [0, 0.05) is 6.20 Å². The third-order valence-corrected chi connectivity index (χ3v) is 5.59. The number of nitrogens with zero attached hydrogens (tertiary/aromatic N) is 2. The number of imide groups is 1. The Kier molecular flexibility index (Phi) is 2.95. The molecule has 1 saturated heterocycles. The van der Waals surface area contributed by atoms with E-state index < -0.39 is 0 Å². The smallest absolute Gasteiger partial charge is 0.239 e. The van der Waals surface area contributed by atoms with Gasteiger partial charge in [-0.2, -0.15) is 0 Å². The fourth-order valence-corrected chi connectivity index (χ4v) is 4.83. The van der Waals surface area contributed by atoms with Gasteiger partial charge in [-0.3, -0.25) is 9.59 Å². The topological polar surface area (TPSA) is 50.3 Å². The van der Waals surface area contributed by atoms with Crippen LogP contribution in [0.25, 0.3) is 0 Å². The van der Waals surface area contributed by atoms with Crippen LogP contribution in [0, 0.1) is 23.7 Å². The molecule has 3 fully saturated rings. The second kappa shape index (κ2) is 4.66. The number of hydrogen-bond acceptors (Lipinski definition) is 3. The highest BCUT2D eigenvalue weighted by Gasteiger charge is 2.63. The van der Waals surface area contributed by atoms with Gasteiger partial charge < -0.3 is 0 Å². The minimum absolute atomic E-state index is 0.0872. The number of anilines is 1. The van der Waals surface area contributed by atoms with E-state index >= 15 is 0 Å². The van der Waals surface area contributed by atoms with Gasteiger partial charge in [0.2, 0.25) is 11.8 Å². The zero-order chi connectivity index (χ0) is 15.6. The molecule has 2 aliphatic carbocycles. The quantitative estimate of drug-likeness (QED) is 0.590. The van der Waals surface area contributed by atoms with E-state index in [1.807, 2.05) is 0 Å². The van der Waals surface area contributed by atoms with E-state index in [-0.39, 0.29) is 35.5 Å². The molecule has 1 aliphatic heterocycles. The molecule has 0 spiro atoms. The number of hydrogen-bond donors (Lipinski definition) is 0. The summed E-state index contributed by atoms with van der Waals surface area (Å²) in [5, 5.41) is 0.495. The first-order valence-electron chi connectivity index (χ1n) is 7.67. The summed E-state index contributed by atoms with van der Waals surface area (Å²) in [4.78, 5) is 31.1. The van der Waals surface area contributed by atoms with Crippen molar-refractivity contribution in [3.05, 3.63) is 34.5 Å². The first-order chi connectivity index (χ1) is 10.5. The third-order valence-electron chi connectivity index (χ3n) is 5.37. The van der Waals surface area contributed by atoms with Gasteiger partial charge >= 0.3 is 0 Å². The van der Waals surface area contributed by atoms with Crippen molar-refractivity contribution in [3.8, 4) is 0 Å². The summed E-state index contributed by atoms with van der Waals surface area (Å²) < 4.78 is 0. The van der Waals surface area contributed by atoms with Crippen LogP contribution in [-0.4, -0.2) is 16.8 Å². The molecule has 3 aliphatic rings. The first-order valence-corrected chi connectivity index (χ1v) is 8.05. The average molecular weight is 317 g/mol. The lowest BCUT2D eigenvalue weighted by molar-refractivity contribution is -0.123. The van der Waals surface area contributed by atoms with Crippen molar-refractivity contribution in [1.29, 1.82) is 0 Å². The van der Waals surface area contributed by atoms with Crippen LogP contribution in [0.3, 0.4) is 0 Å². The molecular weight excluding hydrogens is 300 g/mol. The Morgan fingerprint density at radius 1 is 1.14 bits per heavy atom. The van der Waals surface area contributed by atoms with Crippen molar-refractivity contribution < 1.29 is 9.59 Å². The van der Waals surface area contributed by atoms with E-state index in [4.69, 9.17) is 11.6 Å². The molecule has 0 aromatic carbocycles. The summed E-state index contributed by atoms with van der Waals surface area (Å²) in [6.45, 7) is 4.18. The molecule has 0 N–H and O–H groups in total. The molecule has 2 heterocycles. The number of aromatic nitrogens is 1. The largest absolute Gasteiger partial charge is 0.274 e. The molecule has 0 unspecified atom stereocenters. The van der Waals surface area contributed by atoms with Crippen molar-refractivity contribution in [2.75, 3.05) is 4.90 Å². The maximum Gasteiger partial charge on any atom is 0.239 e. The van der Waals surface area contributed by atoms with Crippen molar-refractivity contribution in [2.45, 2.75) is 26.7 Å². The van der Waals surface area contributed by atoms with Gasteiger partial charge in [-0.15, -0.1) is 0 Å². The fraction of sp³-hybridized carbons (Fsp3) is 0.471. The van der Waals surface area contributed by atoms with Crippen molar-refractivity contribution in [1.82, 2.24) is 4.98 Å². The first kappa shape index (κ1) is 13.9. The number of carbonyl (C=O) groups is 2. The molecule has 114 valence electrons.